The maximum atomic E-state index is 13.5. The summed E-state index contributed by atoms with van der Waals surface area (Å²) in [5.74, 6) is -0.711. The summed E-state index contributed by atoms with van der Waals surface area (Å²) in [5.41, 5.74) is 0.0715. The quantitative estimate of drug-likeness (QED) is 0.811. The van der Waals surface area contributed by atoms with E-state index in [0.29, 0.717) is 10.0 Å². The van der Waals surface area contributed by atoms with Crippen molar-refractivity contribution >= 4 is 46.6 Å². The van der Waals surface area contributed by atoms with Crippen LogP contribution in [0.1, 0.15) is 0 Å². The smallest absolute Gasteiger partial charge is 0.234 e. The van der Waals surface area contributed by atoms with Crippen molar-refractivity contribution in [3.8, 4) is 0 Å². The van der Waals surface area contributed by atoms with E-state index in [0.717, 1.165) is 4.90 Å². The van der Waals surface area contributed by atoms with Gasteiger partial charge in [0.2, 0.25) is 5.91 Å². The number of hydrogen-bond donors (Lipinski definition) is 1. The largest absolute Gasteiger partial charge is 0.323 e. The molecule has 0 unspecified atom stereocenters. The molecule has 104 valence electrons. The van der Waals surface area contributed by atoms with Crippen LogP contribution in [0.4, 0.5) is 10.1 Å². The number of carbonyl (C=O) groups is 1. The second-order valence-electron chi connectivity index (χ2n) is 3.89. The Kier molecular flexibility index (Phi) is 5.29. The molecule has 2 rings (SSSR count). The number of carbonyl (C=O) groups excluding carboxylic acids is 1. The van der Waals surface area contributed by atoms with Crippen LogP contribution in [0.5, 0.6) is 0 Å². The molecular formula is C14H10Cl2FNOS. The Balaban J connectivity index is 1.96. The molecule has 0 bridgehead atoms. The third-order valence-corrected chi connectivity index (χ3v) is 4.15. The van der Waals surface area contributed by atoms with E-state index in [4.69, 9.17) is 23.2 Å². The zero-order chi connectivity index (χ0) is 14.5. The molecule has 0 heterocycles. The summed E-state index contributed by atoms with van der Waals surface area (Å²) in [7, 11) is 0. The normalized spacial score (nSPS) is 10.3. The highest BCUT2D eigenvalue weighted by molar-refractivity contribution is 8.00. The van der Waals surface area contributed by atoms with Gasteiger partial charge in [-0.3, -0.25) is 4.79 Å². The Labute approximate surface area is 130 Å². The van der Waals surface area contributed by atoms with E-state index in [-0.39, 0.29) is 17.3 Å². The van der Waals surface area contributed by atoms with Crippen LogP contribution in [0.25, 0.3) is 0 Å². The molecule has 2 aromatic rings. The van der Waals surface area contributed by atoms with Crippen molar-refractivity contribution in [3.05, 3.63) is 58.3 Å². The van der Waals surface area contributed by atoms with Crippen molar-refractivity contribution in [3.63, 3.8) is 0 Å². The van der Waals surface area contributed by atoms with Gasteiger partial charge in [0.1, 0.15) is 5.82 Å². The lowest BCUT2D eigenvalue weighted by atomic mass is 10.3. The molecule has 0 fully saturated rings. The van der Waals surface area contributed by atoms with Crippen molar-refractivity contribution in [2.45, 2.75) is 4.90 Å². The number of benzene rings is 2. The van der Waals surface area contributed by atoms with Crippen molar-refractivity contribution in [1.29, 1.82) is 0 Å². The van der Waals surface area contributed by atoms with Crippen LogP contribution in [0.3, 0.4) is 0 Å². The van der Waals surface area contributed by atoms with E-state index in [1.165, 1.54) is 30.0 Å². The minimum absolute atomic E-state index is 0.0715. The zero-order valence-electron chi connectivity index (χ0n) is 10.2. The van der Waals surface area contributed by atoms with Crippen molar-refractivity contribution < 1.29 is 9.18 Å². The van der Waals surface area contributed by atoms with Gasteiger partial charge >= 0.3 is 0 Å². The van der Waals surface area contributed by atoms with Crippen molar-refractivity contribution in [2.24, 2.45) is 0 Å². The molecule has 0 spiro atoms. The molecule has 0 aliphatic heterocycles. The van der Waals surface area contributed by atoms with Gasteiger partial charge in [0.15, 0.2) is 0 Å². The maximum Gasteiger partial charge on any atom is 0.234 e. The highest BCUT2D eigenvalue weighted by Crippen LogP contribution is 2.27. The third kappa shape index (κ3) is 4.13. The second-order valence-corrected chi connectivity index (χ2v) is 5.75. The molecule has 2 nitrogen and oxygen atoms in total. The average Bonchev–Trinajstić information content (AvgIpc) is 2.42. The molecule has 0 radical (unpaired) electrons. The standard InChI is InChI=1S/C14H10Cl2FNOS/c15-9-5-6-11(17)12(7-9)18-14(19)8-20-13-4-2-1-3-10(13)16/h1-7H,8H2,(H,18,19). The lowest BCUT2D eigenvalue weighted by molar-refractivity contribution is -0.113. The zero-order valence-corrected chi connectivity index (χ0v) is 12.5. The summed E-state index contributed by atoms with van der Waals surface area (Å²) in [4.78, 5) is 12.6. The maximum absolute atomic E-state index is 13.5. The van der Waals surface area contributed by atoms with Gasteiger partial charge in [-0.25, -0.2) is 4.39 Å². The molecule has 0 saturated heterocycles. The molecule has 2 aromatic carbocycles. The first-order valence-electron chi connectivity index (χ1n) is 5.68. The molecule has 1 amide bonds. The number of hydrogen-bond acceptors (Lipinski definition) is 2. The van der Waals surface area contributed by atoms with Crippen LogP contribution in [0, 0.1) is 5.82 Å². The monoisotopic (exact) mass is 329 g/mol. The Hall–Kier alpha value is -1.23. The van der Waals surface area contributed by atoms with Crippen LogP contribution >= 0.6 is 35.0 Å². The highest BCUT2D eigenvalue weighted by Gasteiger charge is 2.09. The lowest BCUT2D eigenvalue weighted by Gasteiger charge is -2.07. The number of halogens is 3. The van der Waals surface area contributed by atoms with E-state index in [1.54, 1.807) is 6.07 Å². The van der Waals surface area contributed by atoms with Crippen LogP contribution in [0.15, 0.2) is 47.4 Å². The molecule has 0 aliphatic carbocycles. The minimum atomic E-state index is -0.523. The predicted octanol–water partition coefficient (Wildman–Crippen LogP) is 4.86. The molecule has 6 heteroatoms. The number of anilines is 1. The molecule has 0 atom stereocenters. The Bertz CT molecular complexity index is 636. The van der Waals surface area contributed by atoms with Gasteiger partial charge in [-0.2, -0.15) is 0 Å². The Morgan fingerprint density at radius 3 is 2.70 bits per heavy atom. The molecule has 0 saturated carbocycles. The van der Waals surface area contributed by atoms with Crippen molar-refractivity contribution in [1.82, 2.24) is 0 Å². The fourth-order valence-corrected chi connectivity index (χ4v) is 2.70. The van der Waals surface area contributed by atoms with E-state index >= 15 is 0 Å². The molecule has 1 N–H and O–H groups in total. The summed E-state index contributed by atoms with van der Waals surface area (Å²) in [6.07, 6.45) is 0. The van der Waals surface area contributed by atoms with E-state index in [9.17, 15) is 9.18 Å². The number of amides is 1. The summed E-state index contributed by atoms with van der Waals surface area (Å²) < 4.78 is 13.5. The van der Waals surface area contributed by atoms with Gasteiger partial charge in [0.25, 0.3) is 0 Å². The number of nitrogens with one attached hydrogen (secondary N) is 1. The van der Waals surface area contributed by atoms with Gasteiger partial charge in [-0.1, -0.05) is 35.3 Å². The SMILES string of the molecule is O=C(CSc1ccccc1Cl)Nc1cc(Cl)ccc1F. The number of thioether (sulfide) groups is 1. The van der Waals surface area contributed by atoms with Gasteiger partial charge in [-0.05, 0) is 30.3 Å². The molecular weight excluding hydrogens is 320 g/mol. The van der Waals surface area contributed by atoms with Gasteiger partial charge in [0.05, 0.1) is 16.5 Å². The number of rotatable bonds is 4. The average molecular weight is 330 g/mol. The van der Waals surface area contributed by atoms with E-state index in [2.05, 4.69) is 5.32 Å². The minimum Gasteiger partial charge on any atom is -0.323 e. The summed E-state index contributed by atoms with van der Waals surface area (Å²) in [6, 6.07) is 11.2. The van der Waals surface area contributed by atoms with E-state index < -0.39 is 5.82 Å². The van der Waals surface area contributed by atoms with Crippen LogP contribution in [0.2, 0.25) is 10.0 Å². The van der Waals surface area contributed by atoms with Crippen LogP contribution in [-0.2, 0) is 4.79 Å². The third-order valence-electron chi connectivity index (χ3n) is 2.40. The van der Waals surface area contributed by atoms with Crippen molar-refractivity contribution in [2.75, 3.05) is 11.1 Å². The van der Waals surface area contributed by atoms with E-state index in [1.807, 2.05) is 18.2 Å². The lowest BCUT2D eigenvalue weighted by Crippen LogP contribution is -2.15. The van der Waals surface area contributed by atoms with Crippen LogP contribution < -0.4 is 5.32 Å². The predicted molar refractivity (Wildman–Crippen MR) is 82.2 cm³/mol. The molecule has 0 aliphatic rings. The molecule has 20 heavy (non-hydrogen) atoms. The van der Waals surface area contributed by atoms with Crippen LogP contribution in [-0.4, -0.2) is 11.7 Å². The topological polar surface area (TPSA) is 29.1 Å². The fourth-order valence-electron chi connectivity index (χ4n) is 1.48. The Morgan fingerprint density at radius 2 is 1.95 bits per heavy atom. The van der Waals surface area contributed by atoms with Gasteiger partial charge in [0, 0.05) is 9.92 Å². The molecule has 0 aromatic heterocycles. The summed E-state index contributed by atoms with van der Waals surface area (Å²) in [6.45, 7) is 0. The van der Waals surface area contributed by atoms with Gasteiger partial charge in [-0.15, -0.1) is 11.8 Å². The van der Waals surface area contributed by atoms with Gasteiger partial charge < -0.3 is 5.32 Å². The summed E-state index contributed by atoms with van der Waals surface area (Å²) >= 11 is 13.0. The Morgan fingerprint density at radius 1 is 1.20 bits per heavy atom. The first-order valence-corrected chi connectivity index (χ1v) is 7.42. The first kappa shape index (κ1) is 15.2. The highest BCUT2D eigenvalue weighted by atomic mass is 35.5. The first-order chi connectivity index (χ1) is 9.56. The fraction of sp³-hybridized carbons (Fsp3) is 0.0714. The summed E-state index contributed by atoms with van der Waals surface area (Å²) in [5, 5.41) is 3.42. The second kappa shape index (κ2) is 6.97.